The van der Waals surface area contributed by atoms with Crippen LogP contribution in [0.5, 0.6) is 0 Å². The second-order valence-electron chi connectivity index (χ2n) is 6.15. The molecule has 7 heteroatoms. The van der Waals surface area contributed by atoms with Gasteiger partial charge in [0.2, 0.25) is 15.9 Å². The molecule has 0 saturated heterocycles. The Kier molecular flexibility index (Phi) is 7.15. The SMILES string of the molecule is CC(C)CCC(C)NC(=O)CN(C)S(=O)(=O)c1ccc(F)cc1. The second-order valence-corrected chi connectivity index (χ2v) is 8.20. The molecule has 0 spiro atoms. The van der Waals surface area contributed by atoms with Crippen molar-refractivity contribution in [1.82, 2.24) is 9.62 Å². The summed E-state index contributed by atoms with van der Waals surface area (Å²) in [6.07, 6.45) is 1.84. The topological polar surface area (TPSA) is 66.5 Å². The van der Waals surface area contributed by atoms with Gasteiger partial charge in [0.1, 0.15) is 5.82 Å². The molecule has 0 aliphatic heterocycles. The normalized spacial score (nSPS) is 13.3. The first kappa shape index (κ1) is 19.6. The summed E-state index contributed by atoms with van der Waals surface area (Å²) in [5.74, 6) is -0.311. The summed E-state index contributed by atoms with van der Waals surface area (Å²) in [5, 5.41) is 2.79. The van der Waals surface area contributed by atoms with Crippen molar-refractivity contribution < 1.29 is 17.6 Å². The average Bonchev–Trinajstić information content (AvgIpc) is 2.45. The van der Waals surface area contributed by atoms with Gasteiger partial charge in [0.05, 0.1) is 11.4 Å². The monoisotopic (exact) mass is 344 g/mol. The fraction of sp³-hybridized carbons (Fsp3) is 0.562. The predicted molar refractivity (Wildman–Crippen MR) is 87.9 cm³/mol. The highest BCUT2D eigenvalue weighted by atomic mass is 32.2. The molecule has 1 aromatic carbocycles. The first-order chi connectivity index (χ1) is 10.6. The fourth-order valence-corrected chi connectivity index (χ4v) is 3.18. The van der Waals surface area contributed by atoms with Crippen molar-refractivity contribution in [2.24, 2.45) is 5.92 Å². The van der Waals surface area contributed by atoms with E-state index < -0.39 is 15.8 Å². The molecule has 0 bridgehead atoms. The van der Waals surface area contributed by atoms with Crippen LogP contribution in [0, 0.1) is 11.7 Å². The van der Waals surface area contributed by atoms with Gasteiger partial charge < -0.3 is 5.32 Å². The van der Waals surface area contributed by atoms with E-state index in [9.17, 15) is 17.6 Å². The number of benzene rings is 1. The number of hydrogen-bond donors (Lipinski definition) is 1. The van der Waals surface area contributed by atoms with Gasteiger partial charge in [-0.15, -0.1) is 0 Å². The van der Waals surface area contributed by atoms with Crippen LogP contribution in [0.4, 0.5) is 4.39 Å². The summed E-state index contributed by atoms with van der Waals surface area (Å²) in [4.78, 5) is 11.9. The van der Waals surface area contributed by atoms with Gasteiger partial charge in [-0.2, -0.15) is 4.31 Å². The van der Waals surface area contributed by atoms with E-state index >= 15 is 0 Å². The summed E-state index contributed by atoms with van der Waals surface area (Å²) in [6.45, 7) is 5.84. The van der Waals surface area contributed by atoms with E-state index in [0.717, 1.165) is 29.3 Å². The molecular weight excluding hydrogens is 319 g/mol. The van der Waals surface area contributed by atoms with Gasteiger partial charge >= 0.3 is 0 Å². The van der Waals surface area contributed by atoms with Crippen molar-refractivity contribution in [3.8, 4) is 0 Å². The van der Waals surface area contributed by atoms with Crippen LogP contribution in [0.1, 0.15) is 33.6 Å². The van der Waals surface area contributed by atoms with Crippen molar-refractivity contribution >= 4 is 15.9 Å². The minimum Gasteiger partial charge on any atom is -0.353 e. The van der Waals surface area contributed by atoms with Crippen LogP contribution in [0.15, 0.2) is 29.2 Å². The van der Waals surface area contributed by atoms with E-state index in [-0.39, 0.29) is 23.4 Å². The van der Waals surface area contributed by atoms with E-state index in [1.54, 1.807) is 0 Å². The smallest absolute Gasteiger partial charge is 0.243 e. The predicted octanol–water partition coefficient (Wildman–Crippen LogP) is 2.39. The standard InChI is InChI=1S/C16H25FN2O3S/c1-12(2)5-6-13(3)18-16(20)11-19(4)23(21,22)15-9-7-14(17)8-10-15/h7-10,12-13H,5-6,11H2,1-4H3,(H,18,20). The van der Waals surface area contributed by atoms with E-state index in [0.29, 0.717) is 5.92 Å². The number of sulfonamides is 1. The highest BCUT2D eigenvalue weighted by molar-refractivity contribution is 7.89. The zero-order valence-corrected chi connectivity index (χ0v) is 14.9. The Hall–Kier alpha value is -1.47. The van der Waals surface area contributed by atoms with E-state index in [4.69, 9.17) is 0 Å². The molecule has 0 fully saturated rings. The molecule has 1 unspecified atom stereocenters. The van der Waals surface area contributed by atoms with Crippen molar-refractivity contribution in [2.75, 3.05) is 13.6 Å². The van der Waals surface area contributed by atoms with Crippen LogP contribution in [0.3, 0.4) is 0 Å². The van der Waals surface area contributed by atoms with Gasteiger partial charge in [-0.3, -0.25) is 4.79 Å². The summed E-state index contributed by atoms with van der Waals surface area (Å²) < 4.78 is 38.5. The maximum atomic E-state index is 12.9. The largest absolute Gasteiger partial charge is 0.353 e. The molecular formula is C16H25FN2O3S. The highest BCUT2D eigenvalue weighted by Gasteiger charge is 2.23. The minimum atomic E-state index is -3.81. The molecule has 1 atom stereocenters. The Bertz CT molecular complexity index is 615. The molecule has 1 N–H and O–H groups in total. The van der Waals surface area contributed by atoms with Gasteiger partial charge in [0, 0.05) is 13.1 Å². The number of amides is 1. The average molecular weight is 344 g/mol. The van der Waals surface area contributed by atoms with Crippen molar-refractivity contribution in [3.05, 3.63) is 30.1 Å². The summed E-state index contributed by atoms with van der Waals surface area (Å²) in [7, 11) is -2.48. The number of likely N-dealkylation sites (N-methyl/N-ethyl adjacent to an activating group) is 1. The van der Waals surface area contributed by atoms with Crippen LogP contribution < -0.4 is 5.32 Å². The number of nitrogens with zero attached hydrogens (tertiary/aromatic N) is 1. The first-order valence-corrected chi connectivity index (χ1v) is 9.08. The number of halogens is 1. The summed E-state index contributed by atoms with van der Waals surface area (Å²) in [5.41, 5.74) is 0. The fourth-order valence-electron chi connectivity index (χ4n) is 2.05. The van der Waals surface area contributed by atoms with Gasteiger partial charge in [-0.25, -0.2) is 12.8 Å². The van der Waals surface area contributed by atoms with Gasteiger partial charge in [-0.05, 0) is 49.9 Å². The Balaban J connectivity index is 2.62. The number of carbonyl (C=O) groups excluding carboxylic acids is 1. The molecule has 1 aromatic rings. The third-order valence-electron chi connectivity index (χ3n) is 3.47. The lowest BCUT2D eigenvalue weighted by atomic mass is 10.0. The Morgan fingerprint density at radius 3 is 2.26 bits per heavy atom. The first-order valence-electron chi connectivity index (χ1n) is 7.64. The number of carbonyl (C=O) groups is 1. The summed E-state index contributed by atoms with van der Waals surface area (Å²) >= 11 is 0. The highest BCUT2D eigenvalue weighted by Crippen LogP contribution is 2.14. The molecule has 5 nitrogen and oxygen atoms in total. The molecule has 0 aliphatic rings. The molecule has 0 aromatic heterocycles. The van der Waals surface area contributed by atoms with Crippen molar-refractivity contribution in [3.63, 3.8) is 0 Å². The Morgan fingerprint density at radius 1 is 1.17 bits per heavy atom. The lowest BCUT2D eigenvalue weighted by Gasteiger charge is -2.19. The number of nitrogens with one attached hydrogen (secondary N) is 1. The zero-order chi connectivity index (χ0) is 17.6. The lowest BCUT2D eigenvalue weighted by molar-refractivity contribution is -0.121. The molecule has 23 heavy (non-hydrogen) atoms. The van der Waals surface area contributed by atoms with Gasteiger partial charge in [0.15, 0.2) is 0 Å². The second kappa shape index (κ2) is 8.40. The molecule has 0 aliphatic carbocycles. The number of hydrogen-bond acceptors (Lipinski definition) is 3. The molecule has 1 amide bonds. The van der Waals surface area contributed by atoms with E-state index in [2.05, 4.69) is 19.2 Å². The molecule has 1 rings (SSSR count). The maximum Gasteiger partial charge on any atom is 0.243 e. The molecule has 0 radical (unpaired) electrons. The van der Waals surface area contributed by atoms with Crippen molar-refractivity contribution in [2.45, 2.75) is 44.6 Å². The van der Waals surface area contributed by atoms with Crippen LogP contribution in [0.25, 0.3) is 0 Å². The Morgan fingerprint density at radius 2 is 1.74 bits per heavy atom. The zero-order valence-electron chi connectivity index (χ0n) is 14.0. The van der Waals surface area contributed by atoms with Crippen LogP contribution in [-0.2, 0) is 14.8 Å². The maximum absolute atomic E-state index is 12.9. The van der Waals surface area contributed by atoms with E-state index in [1.807, 2.05) is 6.92 Å². The lowest BCUT2D eigenvalue weighted by Crippen LogP contribution is -2.41. The molecule has 0 saturated carbocycles. The van der Waals surface area contributed by atoms with Gasteiger partial charge in [0.25, 0.3) is 0 Å². The Labute approximate surface area is 137 Å². The van der Waals surface area contributed by atoms with Crippen molar-refractivity contribution in [1.29, 1.82) is 0 Å². The minimum absolute atomic E-state index is 0.00757. The summed E-state index contributed by atoms with van der Waals surface area (Å²) in [6, 6.07) is 4.52. The van der Waals surface area contributed by atoms with Gasteiger partial charge in [-0.1, -0.05) is 13.8 Å². The van der Waals surface area contributed by atoms with Crippen LogP contribution in [0.2, 0.25) is 0 Å². The third kappa shape index (κ3) is 6.27. The third-order valence-corrected chi connectivity index (χ3v) is 5.29. The molecule has 0 heterocycles. The van der Waals surface area contributed by atoms with Crippen LogP contribution in [-0.4, -0.2) is 38.3 Å². The van der Waals surface area contributed by atoms with E-state index in [1.165, 1.54) is 19.2 Å². The quantitative estimate of drug-likeness (QED) is 0.787. The molecule has 130 valence electrons. The van der Waals surface area contributed by atoms with Crippen LogP contribution >= 0.6 is 0 Å². The number of rotatable bonds is 8.